The average molecular weight is 251 g/mol. The van der Waals surface area contributed by atoms with Crippen LogP contribution in [0.3, 0.4) is 0 Å². The first kappa shape index (κ1) is 11.6. The number of alkyl halides is 2. The van der Waals surface area contributed by atoms with Crippen molar-refractivity contribution < 1.29 is 8.78 Å². The molecule has 18 heavy (non-hydrogen) atoms. The van der Waals surface area contributed by atoms with Crippen molar-refractivity contribution >= 4 is 11.2 Å². The van der Waals surface area contributed by atoms with Gasteiger partial charge in [-0.1, -0.05) is 0 Å². The summed E-state index contributed by atoms with van der Waals surface area (Å²) in [5, 5.41) is 0. The van der Waals surface area contributed by atoms with Gasteiger partial charge in [0.1, 0.15) is 5.82 Å². The number of fused-ring (bicyclic) bond motifs is 1. The van der Waals surface area contributed by atoms with Crippen LogP contribution in [0.1, 0.15) is 43.0 Å². The van der Waals surface area contributed by atoms with Gasteiger partial charge >= 0.3 is 0 Å². The molecule has 0 amide bonds. The summed E-state index contributed by atoms with van der Waals surface area (Å²) in [6.45, 7) is 1.97. The van der Waals surface area contributed by atoms with Crippen molar-refractivity contribution in [3.05, 3.63) is 23.7 Å². The van der Waals surface area contributed by atoms with Gasteiger partial charge < -0.3 is 4.98 Å². The van der Waals surface area contributed by atoms with E-state index in [1.54, 1.807) is 6.20 Å². The highest BCUT2D eigenvalue weighted by atomic mass is 19.3. The molecule has 1 aliphatic carbocycles. The number of hydrogen-bond donors (Lipinski definition) is 1. The van der Waals surface area contributed by atoms with Crippen LogP contribution in [0, 0.1) is 6.92 Å². The maximum absolute atomic E-state index is 13.1. The predicted molar refractivity (Wildman–Crippen MR) is 64.8 cm³/mol. The van der Waals surface area contributed by atoms with Crippen LogP contribution in [-0.2, 0) is 0 Å². The van der Waals surface area contributed by atoms with Crippen LogP contribution >= 0.6 is 0 Å². The highest BCUT2D eigenvalue weighted by Crippen LogP contribution is 2.40. The Morgan fingerprint density at radius 3 is 2.78 bits per heavy atom. The normalized spacial score (nSPS) is 20.4. The zero-order valence-corrected chi connectivity index (χ0v) is 10.2. The minimum atomic E-state index is -2.49. The predicted octanol–water partition coefficient (Wildman–Crippen LogP) is 3.56. The van der Waals surface area contributed by atoms with Crippen LogP contribution in [-0.4, -0.2) is 20.9 Å². The van der Waals surface area contributed by atoms with Crippen LogP contribution in [0.25, 0.3) is 11.2 Å². The molecule has 2 aromatic heterocycles. The quantitative estimate of drug-likeness (QED) is 0.842. The standard InChI is InChI=1S/C13H15F2N3/c1-8-6-10-12(16-7-8)18-11(17-10)9-2-4-13(14,15)5-3-9/h6-7,9H,2-5H2,1H3,(H,16,17,18). The Morgan fingerprint density at radius 2 is 2.06 bits per heavy atom. The fraction of sp³-hybridized carbons (Fsp3) is 0.538. The molecule has 3 nitrogen and oxygen atoms in total. The molecule has 5 heteroatoms. The number of nitrogens with one attached hydrogen (secondary N) is 1. The molecule has 96 valence electrons. The summed E-state index contributed by atoms with van der Waals surface area (Å²) in [6, 6.07) is 1.98. The number of aryl methyl sites for hydroxylation is 1. The maximum atomic E-state index is 13.1. The number of pyridine rings is 1. The number of aromatic amines is 1. The van der Waals surface area contributed by atoms with Crippen molar-refractivity contribution in [1.82, 2.24) is 15.0 Å². The third kappa shape index (κ3) is 2.09. The largest absolute Gasteiger partial charge is 0.340 e. The molecule has 0 aromatic carbocycles. The summed E-state index contributed by atoms with van der Waals surface area (Å²) in [5.41, 5.74) is 2.63. The Bertz CT molecular complexity index is 567. The smallest absolute Gasteiger partial charge is 0.248 e. The molecule has 2 aromatic rings. The second kappa shape index (κ2) is 4.00. The fourth-order valence-electron chi connectivity index (χ4n) is 2.53. The third-order valence-electron chi connectivity index (χ3n) is 3.60. The maximum Gasteiger partial charge on any atom is 0.248 e. The number of H-pyrrole nitrogens is 1. The van der Waals surface area contributed by atoms with E-state index in [0.29, 0.717) is 18.5 Å². The first-order chi connectivity index (χ1) is 8.53. The van der Waals surface area contributed by atoms with Gasteiger partial charge in [0.25, 0.3) is 0 Å². The lowest BCUT2D eigenvalue weighted by molar-refractivity contribution is -0.0387. The van der Waals surface area contributed by atoms with Gasteiger partial charge in [-0.25, -0.2) is 18.7 Å². The molecule has 1 saturated carbocycles. The Morgan fingerprint density at radius 1 is 1.33 bits per heavy atom. The van der Waals surface area contributed by atoms with Crippen molar-refractivity contribution in [1.29, 1.82) is 0 Å². The lowest BCUT2D eigenvalue weighted by Gasteiger charge is -2.26. The SMILES string of the molecule is Cc1cnc2nc(C3CCC(F)(F)CC3)[nH]c2c1. The first-order valence-corrected chi connectivity index (χ1v) is 6.24. The number of hydrogen-bond acceptors (Lipinski definition) is 2. The summed E-state index contributed by atoms with van der Waals surface area (Å²) >= 11 is 0. The van der Waals surface area contributed by atoms with E-state index in [-0.39, 0.29) is 18.8 Å². The molecule has 0 bridgehead atoms. The molecule has 1 N–H and O–H groups in total. The lowest BCUT2D eigenvalue weighted by atomic mass is 9.86. The van der Waals surface area contributed by atoms with Crippen LogP contribution in [0.15, 0.2) is 12.3 Å². The summed E-state index contributed by atoms with van der Waals surface area (Å²) in [5.74, 6) is -1.57. The zero-order chi connectivity index (χ0) is 12.8. The monoisotopic (exact) mass is 251 g/mol. The average Bonchev–Trinajstić information content (AvgIpc) is 2.71. The molecular weight excluding hydrogens is 236 g/mol. The highest BCUT2D eigenvalue weighted by molar-refractivity contribution is 5.71. The van der Waals surface area contributed by atoms with Crippen LogP contribution < -0.4 is 0 Å². The Hall–Kier alpha value is -1.52. The fourth-order valence-corrected chi connectivity index (χ4v) is 2.53. The molecule has 0 saturated heterocycles. The van der Waals surface area contributed by atoms with Crippen molar-refractivity contribution in [2.45, 2.75) is 44.4 Å². The number of aromatic nitrogens is 3. The van der Waals surface area contributed by atoms with E-state index in [0.717, 1.165) is 16.9 Å². The molecule has 0 atom stereocenters. The number of imidazole rings is 1. The second-order valence-electron chi connectivity index (χ2n) is 5.14. The van der Waals surface area contributed by atoms with Gasteiger partial charge in [0.05, 0.1) is 5.52 Å². The van der Waals surface area contributed by atoms with E-state index in [1.807, 2.05) is 13.0 Å². The molecule has 0 spiro atoms. The van der Waals surface area contributed by atoms with E-state index in [4.69, 9.17) is 0 Å². The molecule has 0 radical (unpaired) electrons. The topological polar surface area (TPSA) is 41.6 Å². The second-order valence-corrected chi connectivity index (χ2v) is 5.14. The van der Waals surface area contributed by atoms with Gasteiger partial charge in [-0.2, -0.15) is 0 Å². The Balaban J connectivity index is 1.87. The van der Waals surface area contributed by atoms with E-state index in [1.165, 1.54) is 0 Å². The van der Waals surface area contributed by atoms with E-state index < -0.39 is 5.92 Å². The van der Waals surface area contributed by atoms with Gasteiger partial charge in [-0.05, 0) is 31.4 Å². The summed E-state index contributed by atoms with van der Waals surface area (Å²) in [4.78, 5) is 11.9. The Kier molecular flexibility index (Phi) is 2.57. The van der Waals surface area contributed by atoms with E-state index >= 15 is 0 Å². The molecule has 0 unspecified atom stereocenters. The van der Waals surface area contributed by atoms with Crippen LogP contribution in [0.4, 0.5) is 8.78 Å². The summed E-state index contributed by atoms with van der Waals surface area (Å²) in [6.07, 6.45) is 2.67. The highest BCUT2D eigenvalue weighted by Gasteiger charge is 2.36. The van der Waals surface area contributed by atoms with Gasteiger partial charge in [-0.15, -0.1) is 0 Å². The zero-order valence-electron chi connectivity index (χ0n) is 10.2. The van der Waals surface area contributed by atoms with Gasteiger partial charge in [-0.3, -0.25) is 0 Å². The van der Waals surface area contributed by atoms with Crippen molar-refractivity contribution in [3.8, 4) is 0 Å². The minimum absolute atomic E-state index is 0.0405. The lowest BCUT2D eigenvalue weighted by Crippen LogP contribution is -2.24. The number of halogens is 2. The molecular formula is C13H15F2N3. The van der Waals surface area contributed by atoms with Crippen molar-refractivity contribution in [2.75, 3.05) is 0 Å². The summed E-state index contributed by atoms with van der Waals surface area (Å²) in [7, 11) is 0. The molecule has 0 aliphatic heterocycles. The van der Waals surface area contributed by atoms with Crippen LogP contribution in [0.2, 0.25) is 0 Å². The van der Waals surface area contributed by atoms with Crippen LogP contribution in [0.5, 0.6) is 0 Å². The summed E-state index contributed by atoms with van der Waals surface area (Å²) < 4.78 is 26.2. The molecule has 1 aliphatic rings. The molecule has 2 heterocycles. The molecule has 1 fully saturated rings. The van der Waals surface area contributed by atoms with Crippen molar-refractivity contribution in [2.24, 2.45) is 0 Å². The number of rotatable bonds is 1. The van der Waals surface area contributed by atoms with Gasteiger partial charge in [0, 0.05) is 25.0 Å². The number of nitrogens with zero attached hydrogens (tertiary/aromatic N) is 2. The third-order valence-corrected chi connectivity index (χ3v) is 3.60. The van der Waals surface area contributed by atoms with Gasteiger partial charge in [0.15, 0.2) is 5.65 Å². The van der Waals surface area contributed by atoms with E-state index in [9.17, 15) is 8.78 Å². The Labute approximate surface area is 104 Å². The first-order valence-electron chi connectivity index (χ1n) is 6.24. The van der Waals surface area contributed by atoms with Gasteiger partial charge in [0.2, 0.25) is 5.92 Å². The molecule has 3 rings (SSSR count). The van der Waals surface area contributed by atoms with Crippen molar-refractivity contribution in [3.63, 3.8) is 0 Å². The van der Waals surface area contributed by atoms with E-state index in [2.05, 4.69) is 15.0 Å². The minimum Gasteiger partial charge on any atom is -0.340 e.